The number of carbonyl (C=O) groups excluding carboxylic acids is 2. The third-order valence-corrected chi connectivity index (χ3v) is 5.16. The van der Waals surface area contributed by atoms with Crippen LogP contribution in [0.2, 0.25) is 0 Å². The number of hydrogen-bond donors (Lipinski definition) is 2. The van der Waals surface area contributed by atoms with E-state index in [1.807, 2.05) is 19.9 Å². The number of rotatable bonds is 5. The van der Waals surface area contributed by atoms with Crippen LogP contribution in [0.1, 0.15) is 34.1 Å². The summed E-state index contributed by atoms with van der Waals surface area (Å²) in [5.41, 5.74) is 7.64. The first-order chi connectivity index (χ1) is 11.3. The van der Waals surface area contributed by atoms with E-state index in [9.17, 15) is 14.9 Å². The number of carbonyl (C=O) groups is 2. The lowest BCUT2D eigenvalue weighted by Gasteiger charge is -2.13. The van der Waals surface area contributed by atoms with Gasteiger partial charge >= 0.3 is 0 Å². The van der Waals surface area contributed by atoms with Crippen molar-refractivity contribution in [1.82, 2.24) is 4.98 Å². The van der Waals surface area contributed by atoms with E-state index >= 15 is 0 Å². The van der Waals surface area contributed by atoms with Gasteiger partial charge in [-0.2, -0.15) is 5.26 Å². The molecule has 2 aromatic rings. The largest absolute Gasteiger partial charge is 0.366 e. The van der Waals surface area contributed by atoms with E-state index in [2.05, 4.69) is 16.4 Å². The van der Waals surface area contributed by atoms with Crippen molar-refractivity contribution in [3.05, 3.63) is 39.9 Å². The molecule has 0 aromatic carbocycles. The quantitative estimate of drug-likeness (QED) is 0.797. The van der Waals surface area contributed by atoms with Crippen molar-refractivity contribution >= 4 is 39.9 Å². The second-order valence-electron chi connectivity index (χ2n) is 5.15. The number of hydrogen-bond acceptors (Lipinski definition) is 6. The van der Waals surface area contributed by atoms with Crippen LogP contribution in [-0.4, -0.2) is 22.0 Å². The number of thioether (sulfide) groups is 1. The van der Waals surface area contributed by atoms with Crippen LogP contribution in [0.3, 0.4) is 0 Å². The molecular weight excluding hydrogens is 344 g/mol. The second kappa shape index (κ2) is 7.47. The number of nitrogens with one attached hydrogen (secondary N) is 1. The number of aromatic nitrogens is 1. The zero-order chi connectivity index (χ0) is 17.9. The zero-order valence-electron chi connectivity index (χ0n) is 13.4. The number of amides is 2. The third-order valence-electron chi connectivity index (χ3n) is 3.25. The van der Waals surface area contributed by atoms with Crippen LogP contribution >= 0.6 is 23.1 Å². The van der Waals surface area contributed by atoms with Crippen molar-refractivity contribution in [1.29, 1.82) is 5.26 Å². The van der Waals surface area contributed by atoms with E-state index < -0.39 is 11.2 Å². The van der Waals surface area contributed by atoms with E-state index in [4.69, 9.17) is 5.73 Å². The van der Waals surface area contributed by atoms with Crippen LogP contribution in [-0.2, 0) is 4.79 Å². The molecular formula is C16H16N4O2S2. The van der Waals surface area contributed by atoms with Gasteiger partial charge in [-0.3, -0.25) is 9.59 Å². The Hall–Kier alpha value is -2.37. The SMILES string of the molecule is Cc1cc(C)c(C#N)c(SC(C)C(=O)Nc2sccc2C(N)=O)n1. The molecule has 0 aliphatic rings. The van der Waals surface area contributed by atoms with Gasteiger partial charge in [-0.1, -0.05) is 11.8 Å². The van der Waals surface area contributed by atoms with Gasteiger partial charge in [0.1, 0.15) is 16.1 Å². The van der Waals surface area contributed by atoms with E-state index in [0.717, 1.165) is 11.3 Å². The summed E-state index contributed by atoms with van der Waals surface area (Å²) in [6.45, 7) is 5.40. The highest BCUT2D eigenvalue weighted by atomic mass is 32.2. The average molecular weight is 360 g/mol. The number of primary amides is 1. The van der Waals surface area contributed by atoms with Gasteiger partial charge in [0, 0.05) is 5.69 Å². The highest BCUT2D eigenvalue weighted by molar-refractivity contribution is 8.00. The van der Waals surface area contributed by atoms with Crippen LogP contribution in [0.4, 0.5) is 5.00 Å². The van der Waals surface area contributed by atoms with Gasteiger partial charge in [-0.05, 0) is 43.8 Å². The number of nitrogens with zero attached hydrogens (tertiary/aromatic N) is 2. The van der Waals surface area contributed by atoms with Crippen molar-refractivity contribution in [3.8, 4) is 6.07 Å². The molecule has 1 unspecified atom stereocenters. The van der Waals surface area contributed by atoms with Crippen molar-refractivity contribution in [2.75, 3.05) is 5.32 Å². The molecule has 0 aliphatic carbocycles. The fourth-order valence-electron chi connectivity index (χ4n) is 2.06. The third kappa shape index (κ3) is 3.93. The van der Waals surface area contributed by atoms with Gasteiger partial charge in [0.25, 0.3) is 5.91 Å². The Morgan fingerprint density at radius 2 is 2.17 bits per heavy atom. The lowest BCUT2D eigenvalue weighted by molar-refractivity contribution is -0.115. The van der Waals surface area contributed by atoms with Crippen molar-refractivity contribution in [2.45, 2.75) is 31.0 Å². The molecule has 2 aromatic heterocycles. The van der Waals surface area contributed by atoms with Gasteiger partial charge in [0.2, 0.25) is 5.91 Å². The standard InChI is InChI=1S/C16H16N4O2S2/c1-8-6-9(2)19-16(12(8)7-17)24-10(3)14(22)20-15-11(13(18)21)4-5-23-15/h4-6,10H,1-3H3,(H2,18,21)(H,20,22). The summed E-state index contributed by atoms with van der Waals surface area (Å²) >= 11 is 2.44. The topological polar surface area (TPSA) is 109 Å². The lowest BCUT2D eigenvalue weighted by atomic mass is 10.1. The van der Waals surface area contributed by atoms with Gasteiger partial charge in [-0.15, -0.1) is 11.3 Å². The molecule has 6 nitrogen and oxygen atoms in total. The predicted octanol–water partition coefficient (Wildman–Crippen LogP) is 2.85. The number of aryl methyl sites for hydroxylation is 2. The molecule has 124 valence electrons. The molecule has 0 radical (unpaired) electrons. The normalized spacial score (nSPS) is 11.6. The smallest absolute Gasteiger partial charge is 0.251 e. The van der Waals surface area contributed by atoms with Crippen molar-refractivity contribution in [3.63, 3.8) is 0 Å². The highest BCUT2D eigenvalue weighted by Gasteiger charge is 2.21. The van der Waals surface area contributed by atoms with E-state index in [-0.39, 0.29) is 11.5 Å². The summed E-state index contributed by atoms with van der Waals surface area (Å²) < 4.78 is 0. The second-order valence-corrected chi connectivity index (χ2v) is 7.40. The lowest BCUT2D eigenvalue weighted by Crippen LogP contribution is -2.24. The number of pyridine rings is 1. The van der Waals surface area contributed by atoms with Crippen LogP contribution in [0.25, 0.3) is 0 Å². The summed E-state index contributed by atoms with van der Waals surface area (Å²) in [5.74, 6) is -0.871. The Morgan fingerprint density at radius 1 is 1.46 bits per heavy atom. The Bertz CT molecular complexity index is 839. The molecule has 0 saturated carbocycles. The molecule has 0 bridgehead atoms. The Balaban J connectivity index is 2.17. The first kappa shape index (κ1) is 18.0. The minimum Gasteiger partial charge on any atom is -0.366 e. The minimum absolute atomic E-state index is 0.283. The Labute approximate surface area is 148 Å². The fourth-order valence-corrected chi connectivity index (χ4v) is 3.88. The van der Waals surface area contributed by atoms with E-state index in [1.54, 1.807) is 18.4 Å². The molecule has 8 heteroatoms. The van der Waals surface area contributed by atoms with Gasteiger partial charge < -0.3 is 11.1 Å². The van der Waals surface area contributed by atoms with Crippen LogP contribution in [0.5, 0.6) is 0 Å². The van der Waals surface area contributed by atoms with E-state index in [0.29, 0.717) is 15.6 Å². The van der Waals surface area contributed by atoms with Gasteiger partial charge in [0.15, 0.2) is 0 Å². The number of anilines is 1. The molecule has 0 fully saturated rings. The number of thiophene rings is 1. The highest BCUT2D eigenvalue weighted by Crippen LogP contribution is 2.29. The van der Waals surface area contributed by atoms with Crippen LogP contribution in [0.15, 0.2) is 22.5 Å². The fraction of sp³-hybridized carbons (Fsp3) is 0.250. The van der Waals surface area contributed by atoms with Gasteiger partial charge in [0.05, 0.1) is 16.4 Å². The molecule has 1 atom stereocenters. The molecule has 0 saturated heterocycles. The average Bonchev–Trinajstić information content (AvgIpc) is 2.95. The van der Waals surface area contributed by atoms with E-state index in [1.165, 1.54) is 23.1 Å². The van der Waals surface area contributed by atoms with Crippen LogP contribution < -0.4 is 11.1 Å². The summed E-state index contributed by atoms with van der Waals surface area (Å²) in [6, 6.07) is 5.53. The zero-order valence-corrected chi connectivity index (χ0v) is 15.0. The molecule has 2 amide bonds. The predicted molar refractivity (Wildman–Crippen MR) is 95.2 cm³/mol. The van der Waals surface area contributed by atoms with Gasteiger partial charge in [-0.25, -0.2) is 4.98 Å². The Morgan fingerprint density at radius 3 is 2.79 bits per heavy atom. The maximum atomic E-state index is 12.4. The maximum Gasteiger partial charge on any atom is 0.251 e. The minimum atomic E-state index is -0.588. The molecule has 2 rings (SSSR count). The maximum absolute atomic E-state index is 12.4. The molecule has 0 spiro atoms. The summed E-state index contributed by atoms with van der Waals surface area (Å²) in [7, 11) is 0. The molecule has 24 heavy (non-hydrogen) atoms. The first-order valence-electron chi connectivity index (χ1n) is 7.06. The summed E-state index contributed by atoms with van der Waals surface area (Å²) in [6.07, 6.45) is 0. The van der Waals surface area contributed by atoms with Crippen molar-refractivity contribution < 1.29 is 9.59 Å². The summed E-state index contributed by atoms with van der Waals surface area (Å²) in [5, 5.41) is 14.1. The van der Waals surface area contributed by atoms with Crippen LogP contribution in [0, 0.1) is 25.2 Å². The van der Waals surface area contributed by atoms with Crippen molar-refractivity contribution in [2.24, 2.45) is 5.73 Å². The molecule has 0 aliphatic heterocycles. The Kier molecular flexibility index (Phi) is 5.59. The first-order valence-corrected chi connectivity index (χ1v) is 8.82. The molecule has 2 heterocycles. The molecule has 3 N–H and O–H groups in total. The monoisotopic (exact) mass is 360 g/mol. The number of nitrogens with two attached hydrogens (primary N) is 1. The number of nitriles is 1. The summed E-state index contributed by atoms with van der Waals surface area (Å²) in [4.78, 5) is 28.0.